The number of nitrogens with two attached hydrogens (primary N) is 1. The molecule has 2 rings (SSSR count). The second-order valence-corrected chi connectivity index (χ2v) is 6.25. The van der Waals surface area contributed by atoms with Crippen LogP contribution in [0.1, 0.15) is 37.7 Å². The first kappa shape index (κ1) is 18.4. The highest BCUT2D eigenvalue weighted by molar-refractivity contribution is 5.75. The molecule has 24 heavy (non-hydrogen) atoms. The van der Waals surface area contributed by atoms with E-state index in [0.717, 1.165) is 31.5 Å². The molecule has 1 fully saturated rings. The van der Waals surface area contributed by atoms with Crippen molar-refractivity contribution in [2.75, 3.05) is 26.2 Å². The summed E-state index contributed by atoms with van der Waals surface area (Å²) in [4.78, 5) is 25.0. The minimum absolute atomic E-state index is 0.000350. The molecule has 1 atom stereocenters. The molecule has 0 bridgehead atoms. The third-order valence-corrected chi connectivity index (χ3v) is 4.57. The van der Waals surface area contributed by atoms with E-state index in [2.05, 4.69) is 0 Å². The standard InChI is InChI=1S/C18H25FN2O3/c1-2-24-18(23)11-16(13-3-5-15(19)6-4-13)14-7-9-21(10-8-14)12-17(20)22/h3-6,14,16H,2,7-12H2,1H3,(H2,20,22)/t16-/m1/s1. The lowest BCUT2D eigenvalue weighted by atomic mass is 9.78. The molecule has 6 heteroatoms. The minimum atomic E-state index is -0.324. The maximum atomic E-state index is 13.2. The number of likely N-dealkylation sites (tertiary alicyclic amines) is 1. The summed E-state index contributed by atoms with van der Waals surface area (Å²) in [5.74, 6) is -0.546. The predicted octanol–water partition coefficient (Wildman–Crippen LogP) is 2.06. The topological polar surface area (TPSA) is 72.6 Å². The van der Waals surface area contributed by atoms with Crippen LogP contribution in [-0.2, 0) is 14.3 Å². The monoisotopic (exact) mass is 336 g/mol. The molecule has 1 aromatic carbocycles. The van der Waals surface area contributed by atoms with Gasteiger partial charge in [-0.2, -0.15) is 0 Å². The van der Waals surface area contributed by atoms with E-state index in [-0.39, 0.29) is 30.2 Å². The highest BCUT2D eigenvalue weighted by Crippen LogP contribution is 2.35. The molecular formula is C18H25FN2O3. The van der Waals surface area contributed by atoms with Gasteiger partial charge in [0.15, 0.2) is 0 Å². The van der Waals surface area contributed by atoms with Crippen LogP contribution in [0.2, 0.25) is 0 Å². The van der Waals surface area contributed by atoms with Crippen LogP contribution in [0.4, 0.5) is 4.39 Å². The van der Waals surface area contributed by atoms with Crippen molar-refractivity contribution in [2.24, 2.45) is 11.7 Å². The van der Waals surface area contributed by atoms with Gasteiger partial charge in [-0.15, -0.1) is 0 Å². The van der Waals surface area contributed by atoms with Crippen LogP contribution in [0.5, 0.6) is 0 Å². The number of rotatable bonds is 7. The van der Waals surface area contributed by atoms with Crippen molar-refractivity contribution >= 4 is 11.9 Å². The zero-order valence-corrected chi connectivity index (χ0v) is 14.0. The van der Waals surface area contributed by atoms with Crippen molar-refractivity contribution in [3.05, 3.63) is 35.6 Å². The Morgan fingerprint density at radius 1 is 1.29 bits per heavy atom. The molecule has 1 amide bonds. The Morgan fingerprint density at radius 3 is 2.46 bits per heavy atom. The number of ether oxygens (including phenoxy) is 1. The fourth-order valence-corrected chi connectivity index (χ4v) is 3.40. The van der Waals surface area contributed by atoms with Crippen LogP contribution < -0.4 is 5.73 Å². The second kappa shape index (κ2) is 8.78. The number of halogens is 1. The van der Waals surface area contributed by atoms with E-state index in [1.807, 2.05) is 4.90 Å². The number of hydrogen-bond acceptors (Lipinski definition) is 4. The zero-order chi connectivity index (χ0) is 17.5. The summed E-state index contributed by atoms with van der Waals surface area (Å²) in [6.07, 6.45) is 2.03. The van der Waals surface area contributed by atoms with Gasteiger partial charge in [-0.3, -0.25) is 14.5 Å². The average Bonchev–Trinajstić information content (AvgIpc) is 2.54. The Hall–Kier alpha value is -1.95. The number of benzene rings is 1. The van der Waals surface area contributed by atoms with Gasteiger partial charge in [0.05, 0.1) is 19.6 Å². The van der Waals surface area contributed by atoms with Crippen LogP contribution in [-0.4, -0.2) is 43.0 Å². The molecule has 1 heterocycles. The maximum Gasteiger partial charge on any atom is 0.306 e. The Morgan fingerprint density at radius 2 is 1.92 bits per heavy atom. The summed E-state index contributed by atoms with van der Waals surface area (Å²) >= 11 is 0. The van der Waals surface area contributed by atoms with Gasteiger partial charge in [-0.05, 0) is 62.4 Å². The van der Waals surface area contributed by atoms with Crippen molar-refractivity contribution < 1.29 is 18.7 Å². The molecule has 0 spiro atoms. The van der Waals surface area contributed by atoms with Crippen molar-refractivity contribution in [2.45, 2.75) is 32.1 Å². The van der Waals surface area contributed by atoms with Crippen molar-refractivity contribution in [1.29, 1.82) is 0 Å². The van der Waals surface area contributed by atoms with E-state index in [9.17, 15) is 14.0 Å². The van der Waals surface area contributed by atoms with Gasteiger partial charge in [0, 0.05) is 0 Å². The fraction of sp³-hybridized carbons (Fsp3) is 0.556. The van der Waals surface area contributed by atoms with Gasteiger partial charge < -0.3 is 10.5 Å². The maximum absolute atomic E-state index is 13.2. The summed E-state index contributed by atoms with van der Waals surface area (Å²) < 4.78 is 18.3. The number of carbonyl (C=O) groups excluding carboxylic acids is 2. The number of amides is 1. The molecule has 1 saturated heterocycles. The molecule has 1 aliphatic heterocycles. The summed E-state index contributed by atoms with van der Waals surface area (Å²) in [6.45, 7) is 3.95. The van der Waals surface area contributed by atoms with Gasteiger partial charge in [-0.1, -0.05) is 12.1 Å². The molecule has 1 aromatic rings. The first-order valence-electron chi connectivity index (χ1n) is 8.41. The molecule has 2 N–H and O–H groups in total. The highest BCUT2D eigenvalue weighted by atomic mass is 19.1. The molecule has 0 unspecified atom stereocenters. The average molecular weight is 336 g/mol. The van der Waals surface area contributed by atoms with Crippen LogP contribution in [0.25, 0.3) is 0 Å². The molecule has 0 aliphatic carbocycles. The SMILES string of the molecule is CCOC(=O)C[C@H](c1ccc(F)cc1)C1CCN(CC(N)=O)CC1. The lowest BCUT2D eigenvalue weighted by Crippen LogP contribution is -2.40. The third-order valence-electron chi connectivity index (χ3n) is 4.57. The third kappa shape index (κ3) is 5.30. The normalized spacial score (nSPS) is 17.4. The lowest BCUT2D eigenvalue weighted by molar-refractivity contribution is -0.144. The molecule has 0 saturated carbocycles. The molecular weight excluding hydrogens is 311 g/mol. The number of piperidine rings is 1. The summed E-state index contributed by atoms with van der Waals surface area (Å²) in [5.41, 5.74) is 6.20. The van der Waals surface area contributed by atoms with E-state index in [4.69, 9.17) is 10.5 Å². The van der Waals surface area contributed by atoms with Gasteiger partial charge in [0.2, 0.25) is 5.91 Å². The molecule has 5 nitrogen and oxygen atoms in total. The van der Waals surface area contributed by atoms with Crippen LogP contribution in [0.15, 0.2) is 24.3 Å². The Bertz CT molecular complexity index is 554. The first-order valence-corrected chi connectivity index (χ1v) is 8.41. The van der Waals surface area contributed by atoms with Crippen LogP contribution >= 0.6 is 0 Å². The minimum Gasteiger partial charge on any atom is -0.466 e. The number of esters is 1. The molecule has 0 radical (unpaired) electrons. The molecule has 1 aliphatic rings. The van der Waals surface area contributed by atoms with Gasteiger partial charge in [0.1, 0.15) is 5.82 Å². The highest BCUT2D eigenvalue weighted by Gasteiger charge is 2.30. The fourth-order valence-electron chi connectivity index (χ4n) is 3.40. The summed E-state index contributed by atoms with van der Waals surface area (Å²) in [5, 5.41) is 0. The Balaban J connectivity index is 2.07. The first-order chi connectivity index (χ1) is 11.5. The van der Waals surface area contributed by atoms with Crippen LogP contribution in [0.3, 0.4) is 0 Å². The smallest absolute Gasteiger partial charge is 0.306 e. The van der Waals surface area contributed by atoms with E-state index >= 15 is 0 Å². The molecule has 0 aromatic heterocycles. The van der Waals surface area contributed by atoms with E-state index in [1.165, 1.54) is 12.1 Å². The van der Waals surface area contributed by atoms with Crippen LogP contribution in [0, 0.1) is 11.7 Å². The largest absolute Gasteiger partial charge is 0.466 e. The quantitative estimate of drug-likeness (QED) is 0.774. The van der Waals surface area contributed by atoms with Crippen molar-refractivity contribution in [1.82, 2.24) is 4.90 Å². The van der Waals surface area contributed by atoms with E-state index in [1.54, 1.807) is 19.1 Å². The van der Waals surface area contributed by atoms with Gasteiger partial charge >= 0.3 is 5.97 Å². The van der Waals surface area contributed by atoms with Gasteiger partial charge in [0.25, 0.3) is 0 Å². The lowest BCUT2D eigenvalue weighted by Gasteiger charge is -2.35. The summed E-state index contributed by atoms with van der Waals surface area (Å²) in [7, 11) is 0. The summed E-state index contributed by atoms with van der Waals surface area (Å²) in [6, 6.07) is 6.34. The number of hydrogen-bond donors (Lipinski definition) is 1. The van der Waals surface area contributed by atoms with Crippen molar-refractivity contribution in [3.63, 3.8) is 0 Å². The predicted molar refractivity (Wildman–Crippen MR) is 88.7 cm³/mol. The van der Waals surface area contributed by atoms with Crippen molar-refractivity contribution in [3.8, 4) is 0 Å². The Labute approximate surface area is 142 Å². The Kier molecular flexibility index (Phi) is 6.73. The number of primary amides is 1. The number of nitrogens with zero attached hydrogens (tertiary/aromatic N) is 1. The van der Waals surface area contributed by atoms with E-state index < -0.39 is 0 Å². The van der Waals surface area contributed by atoms with E-state index in [0.29, 0.717) is 18.9 Å². The molecule has 132 valence electrons. The second-order valence-electron chi connectivity index (χ2n) is 6.25. The zero-order valence-electron chi connectivity index (χ0n) is 14.0. The van der Waals surface area contributed by atoms with Gasteiger partial charge in [-0.25, -0.2) is 4.39 Å². The number of carbonyl (C=O) groups is 2.